The van der Waals surface area contributed by atoms with Crippen molar-refractivity contribution in [2.75, 3.05) is 6.61 Å². The fraction of sp³-hybridized carbons (Fsp3) is 0.133. The van der Waals surface area contributed by atoms with Crippen LogP contribution in [-0.2, 0) is 6.42 Å². The molecular weight excluding hydrogens is 248 g/mol. The van der Waals surface area contributed by atoms with E-state index in [1.807, 2.05) is 18.2 Å². The van der Waals surface area contributed by atoms with Gasteiger partial charge in [-0.05, 0) is 47.0 Å². The van der Waals surface area contributed by atoms with Crippen LogP contribution < -0.4 is 4.74 Å². The molecular formula is C15H11ClO2. The van der Waals surface area contributed by atoms with Crippen LogP contribution >= 0.6 is 11.6 Å². The fourth-order valence-electron chi connectivity index (χ4n) is 2.24. The number of hydrogen-bond donors (Lipinski definition) is 0. The molecule has 0 aromatic heterocycles. The summed E-state index contributed by atoms with van der Waals surface area (Å²) in [4.78, 5) is 11.1. The van der Waals surface area contributed by atoms with Crippen molar-refractivity contribution >= 4 is 17.9 Å². The van der Waals surface area contributed by atoms with Gasteiger partial charge in [0.1, 0.15) is 5.75 Å². The largest absolute Gasteiger partial charge is 0.493 e. The van der Waals surface area contributed by atoms with Crippen LogP contribution in [0.15, 0.2) is 36.4 Å². The van der Waals surface area contributed by atoms with Crippen LogP contribution in [0.25, 0.3) is 11.1 Å². The van der Waals surface area contributed by atoms with Crippen LogP contribution in [-0.4, -0.2) is 12.9 Å². The van der Waals surface area contributed by atoms with Gasteiger partial charge in [-0.25, -0.2) is 0 Å². The van der Waals surface area contributed by atoms with Gasteiger partial charge < -0.3 is 4.74 Å². The number of ether oxygens (including phenoxy) is 1. The molecule has 0 saturated heterocycles. The first-order valence-corrected chi connectivity index (χ1v) is 6.16. The van der Waals surface area contributed by atoms with Gasteiger partial charge in [0.25, 0.3) is 0 Å². The number of hydrogen-bond acceptors (Lipinski definition) is 2. The Balaban J connectivity index is 2.14. The molecule has 0 amide bonds. The minimum absolute atomic E-state index is 0.632. The highest BCUT2D eigenvalue weighted by molar-refractivity contribution is 6.31. The summed E-state index contributed by atoms with van der Waals surface area (Å²) in [6.07, 6.45) is 1.77. The number of aldehydes is 1. The average molecular weight is 259 g/mol. The molecule has 0 unspecified atom stereocenters. The number of carbonyl (C=O) groups is 1. The van der Waals surface area contributed by atoms with E-state index in [4.69, 9.17) is 16.3 Å². The maximum atomic E-state index is 11.1. The van der Waals surface area contributed by atoms with Crippen LogP contribution in [0.2, 0.25) is 5.02 Å². The van der Waals surface area contributed by atoms with Gasteiger partial charge in [0.05, 0.1) is 6.61 Å². The Bertz CT molecular complexity index is 620. The Morgan fingerprint density at radius 2 is 2.06 bits per heavy atom. The Morgan fingerprint density at radius 1 is 1.17 bits per heavy atom. The topological polar surface area (TPSA) is 26.3 Å². The second kappa shape index (κ2) is 4.46. The Hall–Kier alpha value is -1.80. The lowest BCUT2D eigenvalue weighted by Crippen LogP contribution is -1.88. The first-order valence-electron chi connectivity index (χ1n) is 5.79. The van der Waals surface area contributed by atoms with Gasteiger partial charge in [0.15, 0.2) is 6.29 Å². The molecule has 90 valence electrons. The summed E-state index contributed by atoms with van der Waals surface area (Å²) in [5, 5.41) is 0.632. The number of rotatable bonds is 2. The van der Waals surface area contributed by atoms with Crippen molar-refractivity contribution in [2.24, 2.45) is 0 Å². The van der Waals surface area contributed by atoms with E-state index in [0.717, 1.165) is 36.2 Å². The third-order valence-electron chi connectivity index (χ3n) is 3.14. The normalized spacial score (nSPS) is 12.9. The molecule has 18 heavy (non-hydrogen) atoms. The SMILES string of the molecule is O=Cc1ccc(Cl)cc1-c1ccc2c(c1)CCO2. The molecule has 1 aliphatic heterocycles. The molecule has 3 heteroatoms. The molecule has 0 bridgehead atoms. The first-order chi connectivity index (χ1) is 8.78. The maximum absolute atomic E-state index is 11.1. The predicted octanol–water partition coefficient (Wildman–Crippen LogP) is 3.75. The molecule has 2 nitrogen and oxygen atoms in total. The maximum Gasteiger partial charge on any atom is 0.150 e. The highest BCUT2D eigenvalue weighted by atomic mass is 35.5. The fourth-order valence-corrected chi connectivity index (χ4v) is 2.41. The molecule has 0 atom stereocenters. The van der Waals surface area contributed by atoms with Crippen molar-refractivity contribution in [3.05, 3.63) is 52.5 Å². The third kappa shape index (κ3) is 1.89. The number of carbonyl (C=O) groups excluding carboxylic acids is 1. The summed E-state index contributed by atoms with van der Waals surface area (Å²) < 4.78 is 5.47. The second-order valence-electron chi connectivity index (χ2n) is 4.27. The number of fused-ring (bicyclic) bond motifs is 1. The summed E-state index contributed by atoms with van der Waals surface area (Å²) in [5.74, 6) is 0.938. The zero-order valence-electron chi connectivity index (χ0n) is 9.65. The van der Waals surface area contributed by atoms with Gasteiger partial charge in [-0.2, -0.15) is 0 Å². The van der Waals surface area contributed by atoms with Crippen LogP contribution in [0.5, 0.6) is 5.75 Å². The van der Waals surface area contributed by atoms with Gasteiger partial charge in [-0.15, -0.1) is 0 Å². The molecule has 0 radical (unpaired) electrons. The lowest BCUT2D eigenvalue weighted by Gasteiger charge is -2.07. The molecule has 0 aliphatic carbocycles. The summed E-state index contributed by atoms with van der Waals surface area (Å²) in [5.41, 5.74) is 3.71. The van der Waals surface area contributed by atoms with E-state index in [0.29, 0.717) is 10.6 Å². The smallest absolute Gasteiger partial charge is 0.150 e. The van der Waals surface area contributed by atoms with Gasteiger partial charge in [0, 0.05) is 17.0 Å². The molecule has 0 saturated carbocycles. The summed E-state index contributed by atoms with van der Waals surface area (Å²) >= 11 is 6.00. The summed E-state index contributed by atoms with van der Waals surface area (Å²) in [6, 6.07) is 11.3. The van der Waals surface area contributed by atoms with Crippen LogP contribution in [0.4, 0.5) is 0 Å². The summed E-state index contributed by atoms with van der Waals surface area (Å²) in [7, 11) is 0. The van der Waals surface area contributed by atoms with Crippen molar-refractivity contribution in [1.29, 1.82) is 0 Å². The highest BCUT2D eigenvalue weighted by Gasteiger charge is 2.14. The monoisotopic (exact) mass is 258 g/mol. The Kier molecular flexibility index (Phi) is 2.80. The predicted molar refractivity (Wildman–Crippen MR) is 71.5 cm³/mol. The highest BCUT2D eigenvalue weighted by Crippen LogP contribution is 2.32. The molecule has 0 N–H and O–H groups in total. The zero-order valence-corrected chi connectivity index (χ0v) is 10.4. The molecule has 3 rings (SSSR count). The van der Waals surface area contributed by atoms with Crippen LogP contribution in [0.3, 0.4) is 0 Å². The van der Waals surface area contributed by atoms with E-state index in [-0.39, 0.29) is 0 Å². The van der Waals surface area contributed by atoms with Crippen LogP contribution in [0, 0.1) is 0 Å². The van der Waals surface area contributed by atoms with Gasteiger partial charge in [-0.1, -0.05) is 17.7 Å². The number of halogens is 1. The van der Waals surface area contributed by atoms with Gasteiger partial charge >= 0.3 is 0 Å². The van der Waals surface area contributed by atoms with E-state index in [2.05, 4.69) is 6.07 Å². The van der Waals surface area contributed by atoms with E-state index in [9.17, 15) is 4.79 Å². The van der Waals surface area contributed by atoms with Gasteiger partial charge in [-0.3, -0.25) is 4.79 Å². The second-order valence-corrected chi connectivity index (χ2v) is 4.71. The molecule has 1 aliphatic rings. The average Bonchev–Trinajstić information content (AvgIpc) is 2.85. The molecule has 1 heterocycles. The van der Waals surface area contributed by atoms with E-state index < -0.39 is 0 Å². The zero-order chi connectivity index (χ0) is 12.5. The quantitative estimate of drug-likeness (QED) is 0.767. The lowest BCUT2D eigenvalue weighted by atomic mass is 9.98. The van der Waals surface area contributed by atoms with Crippen molar-refractivity contribution in [3.63, 3.8) is 0 Å². The van der Waals surface area contributed by atoms with E-state index in [1.165, 1.54) is 5.56 Å². The van der Waals surface area contributed by atoms with Crippen molar-refractivity contribution in [2.45, 2.75) is 6.42 Å². The molecule has 0 fully saturated rings. The third-order valence-corrected chi connectivity index (χ3v) is 3.38. The van der Waals surface area contributed by atoms with Crippen LogP contribution in [0.1, 0.15) is 15.9 Å². The number of benzene rings is 2. The molecule has 2 aromatic carbocycles. The summed E-state index contributed by atoms with van der Waals surface area (Å²) in [6.45, 7) is 0.731. The van der Waals surface area contributed by atoms with Crippen molar-refractivity contribution in [1.82, 2.24) is 0 Å². The van der Waals surface area contributed by atoms with E-state index >= 15 is 0 Å². The molecule has 2 aromatic rings. The minimum atomic E-state index is 0.632. The first kappa shape index (κ1) is 11.3. The standard InChI is InChI=1S/C15H11ClO2/c16-13-3-1-12(9-17)14(8-13)10-2-4-15-11(7-10)5-6-18-15/h1-4,7-9H,5-6H2. The Labute approximate surface area is 110 Å². The van der Waals surface area contributed by atoms with Crippen molar-refractivity contribution < 1.29 is 9.53 Å². The van der Waals surface area contributed by atoms with E-state index in [1.54, 1.807) is 12.1 Å². The lowest BCUT2D eigenvalue weighted by molar-refractivity contribution is 0.112. The Morgan fingerprint density at radius 3 is 2.89 bits per heavy atom. The van der Waals surface area contributed by atoms with Crippen molar-refractivity contribution in [3.8, 4) is 16.9 Å². The molecule has 0 spiro atoms. The van der Waals surface area contributed by atoms with Gasteiger partial charge in [0.2, 0.25) is 0 Å². The minimum Gasteiger partial charge on any atom is -0.493 e.